The van der Waals surface area contributed by atoms with Gasteiger partial charge in [0.2, 0.25) is 11.8 Å². The number of hydrogen-bond donors (Lipinski definition) is 1. The van der Waals surface area contributed by atoms with Crippen molar-refractivity contribution < 1.29 is 18.0 Å². The Morgan fingerprint density at radius 3 is 2.20 bits per heavy atom. The normalized spacial score (nSPS) is 12.9. The second-order valence-corrected chi connectivity index (χ2v) is 12.6. The lowest BCUT2D eigenvalue weighted by molar-refractivity contribution is -0.139. The molecular formula is C30H35Cl2N3O4S. The Hall–Kier alpha value is -3.07. The molecule has 0 fully saturated rings. The Balaban J connectivity index is 2.06. The molecule has 1 N–H and O–H groups in total. The first-order valence-electron chi connectivity index (χ1n) is 13.0. The molecule has 7 nitrogen and oxygen atoms in total. The Morgan fingerprint density at radius 2 is 1.60 bits per heavy atom. The summed E-state index contributed by atoms with van der Waals surface area (Å²) in [5, 5.41) is 3.59. The summed E-state index contributed by atoms with van der Waals surface area (Å²) in [6.07, 6.45) is 0.717. The van der Waals surface area contributed by atoms with E-state index in [1.807, 2.05) is 26.8 Å². The average Bonchev–Trinajstić information content (AvgIpc) is 2.92. The molecule has 3 aromatic carbocycles. The number of carbonyl (C=O) groups excluding carboxylic acids is 2. The largest absolute Gasteiger partial charge is 0.352 e. The number of benzene rings is 3. The minimum Gasteiger partial charge on any atom is -0.352 e. The van der Waals surface area contributed by atoms with Gasteiger partial charge in [-0.1, -0.05) is 72.1 Å². The molecule has 0 aliphatic heterocycles. The lowest BCUT2D eigenvalue weighted by Gasteiger charge is -2.33. The van der Waals surface area contributed by atoms with E-state index in [0.29, 0.717) is 26.9 Å². The number of halogens is 2. The van der Waals surface area contributed by atoms with E-state index in [4.69, 9.17) is 23.2 Å². The highest BCUT2D eigenvalue weighted by molar-refractivity contribution is 7.92. The van der Waals surface area contributed by atoms with E-state index in [1.165, 1.54) is 17.0 Å². The van der Waals surface area contributed by atoms with Gasteiger partial charge >= 0.3 is 0 Å². The first-order valence-corrected chi connectivity index (χ1v) is 15.2. The lowest BCUT2D eigenvalue weighted by Crippen LogP contribution is -2.52. The van der Waals surface area contributed by atoms with Gasteiger partial charge in [-0.05, 0) is 75.6 Å². The fourth-order valence-corrected chi connectivity index (χ4v) is 6.02. The predicted octanol–water partition coefficient (Wildman–Crippen LogP) is 6.14. The third kappa shape index (κ3) is 7.56. The average molecular weight is 605 g/mol. The minimum absolute atomic E-state index is 0.0247. The zero-order valence-electron chi connectivity index (χ0n) is 23.3. The summed E-state index contributed by atoms with van der Waals surface area (Å²) in [4.78, 5) is 28.6. The van der Waals surface area contributed by atoms with Crippen LogP contribution in [-0.2, 0) is 26.2 Å². The van der Waals surface area contributed by atoms with Gasteiger partial charge in [-0.3, -0.25) is 13.9 Å². The number of rotatable bonds is 11. The van der Waals surface area contributed by atoms with Gasteiger partial charge in [-0.25, -0.2) is 8.42 Å². The maximum absolute atomic E-state index is 14.0. The van der Waals surface area contributed by atoms with E-state index in [2.05, 4.69) is 5.32 Å². The van der Waals surface area contributed by atoms with Gasteiger partial charge in [0, 0.05) is 12.6 Å². The molecule has 2 unspecified atom stereocenters. The number of nitrogens with one attached hydrogen (secondary N) is 1. The quantitative estimate of drug-likeness (QED) is 0.285. The molecule has 10 heteroatoms. The molecule has 0 radical (unpaired) electrons. The fourth-order valence-electron chi connectivity index (χ4n) is 4.20. The van der Waals surface area contributed by atoms with Gasteiger partial charge < -0.3 is 10.2 Å². The van der Waals surface area contributed by atoms with Crippen LogP contribution in [0.5, 0.6) is 0 Å². The van der Waals surface area contributed by atoms with Crippen LogP contribution in [-0.4, -0.2) is 43.8 Å². The van der Waals surface area contributed by atoms with E-state index in [-0.39, 0.29) is 23.4 Å². The van der Waals surface area contributed by atoms with Gasteiger partial charge in [-0.2, -0.15) is 0 Å². The van der Waals surface area contributed by atoms with Crippen molar-refractivity contribution in [2.24, 2.45) is 0 Å². The summed E-state index contributed by atoms with van der Waals surface area (Å²) in [7, 11) is -4.13. The molecule has 0 aromatic heterocycles. The Morgan fingerprint density at radius 1 is 0.925 bits per heavy atom. The predicted molar refractivity (Wildman–Crippen MR) is 161 cm³/mol. The van der Waals surface area contributed by atoms with Gasteiger partial charge in [0.05, 0.1) is 20.6 Å². The summed E-state index contributed by atoms with van der Waals surface area (Å²) in [6.45, 7) is 8.68. The zero-order valence-corrected chi connectivity index (χ0v) is 25.6. The van der Waals surface area contributed by atoms with Crippen molar-refractivity contribution in [3.63, 3.8) is 0 Å². The smallest absolute Gasteiger partial charge is 0.264 e. The van der Waals surface area contributed by atoms with Crippen LogP contribution in [0.4, 0.5) is 5.69 Å². The van der Waals surface area contributed by atoms with E-state index < -0.39 is 28.5 Å². The summed E-state index contributed by atoms with van der Waals surface area (Å²) in [5.41, 5.74) is 2.69. The van der Waals surface area contributed by atoms with Crippen molar-refractivity contribution in [3.8, 4) is 0 Å². The van der Waals surface area contributed by atoms with E-state index in [9.17, 15) is 18.0 Å². The maximum Gasteiger partial charge on any atom is 0.264 e. The topological polar surface area (TPSA) is 86.8 Å². The van der Waals surface area contributed by atoms with Crippen molar-refractivity contribution in [3.05, 3.63) is 93.5 Å². The molecule has 0 saturated carbocycles. The third-order valence-electron chi connectivity index (χ3n) is 6.74. The summed E-state index contributed by atoms with van der Waals surface area (Å²) in [6, 6.07) is 17.3. The molecule has 0 bridgehead atoms. The maximum atomic E-state index is 14.0. The molecule has 2 atom stereocenters. The van der Waals surface area contributed by atoms with Crippen molar-refractivity contribution in [1.82, 2.24) is 10.2 Å². The van der Waals surface area contributed by atoms with E-state index >= 15 is 0 Å². The van der Waals surface area contributed by atoms with Crippen LogP contribution in [0.25, 0.3) is 0 Å². The third-order valence-corrected chi connectivity index (χ3v) is 9.25. The van der Waals surface area contributed by atoms with Gasteiger partial charge in [0.15, 0.2) is 0 Å². The second kappa shape index (κ2) is 13.5. The number of amides is 2. The molecule has 40 heavy (non-hydrogen) atoms. The number of hydrogen-bond acceptors (Lipinski definition) is 4. The molecule has 214 valence electrons. The standard InChI is InChI=1S/C30H35Cl2N3O4S/c1-6-22(4)33-30(37)23(5)34(18-24-13-14-26(31)27(32)17-24)29(36)19-35(28-15-12-20(2)16-21(28)3)40(38,39)25-10-8-7-9-11-25/h7-17,22-23H,6,18-19H2,1-5H3,(H,33,37). The molecule has 3 aromatic rings. The molecule has 0 heterocycles. The van der Waals surface area contributed by atoms with Crippen molar-refractivity contribution >= 4 is 50.7 Å². The summed E-state index contributed by atoms with van der Waals surface area (Å²) < 4.78 is 28.9. The highest BCUT2D eigenvalue weighted by Crippen LogP contribution is 2.29. The van der Waals surface area contributed by atoms with Crippen LogP contribution in [0, 0.1) is 13.8 Å². The van der Waals surface area contributed by atoms with Gasteiger partial charge in [0.1, 0.15) is 12.6 Å². The summed E-state index contributed by atoms with van der Waals surface area (Å²) >= 11 is 12.3. The molecule has 0 spiro atoms. The number of carbonyl (C=O) groups is 2. The van der Waals surface area contributed by atoms with Crippen molar-refractivity contribution in [1.29, 1.82) is 0 Å². The van der Waals surface area contributed by atoms with E-state index in [0.717, 1.165) is 16.3 Å². The van der Waals surface area contributed by atoms with Crippen LogP contribution in [0.3, 0.4) is 0 Å². The first kappa shape index (κ1) is 31.5. The fraction of sp³-hybridized carbons (Fsp3) is 0.333. The van der Waals surface area contributed by atoms with E-state index in [1.54, 1.807) is 62.4 Å². The zero-order chi connectivity index (χ0) is 29.6. The Kier molecular flexibility index (Phi) is 10.6. The van der Waals surface area contributed by atoms with Crippen LogP contribution in [0.1, 0.15) is 43.9 Å². The van der Waals surface area contributed by atoms with Crippen molar-refractivity contribution in [2.45, 2.75) is 64.6 Å². The first-order chi connectivity index (χ1) is 18.8. The Labute approximate surface area is 247 Å². The molecule has 0 saturated heterocycles. The molecule has 2 amide bonds. The SMILES string of the molecule is CCC(C)NC(=O)C(C)N(Cc1ccc(Cl)c(Cl)c1)C(=O)CN(c1ccc(C)cc1C)S(=O)(=O)c1ccccc1. The van der Waals surface area contributed by atoms with Crippen LogP contribution < -0.4 is 9.62 Å². The number of aryl methyl sites for hydroxylation is 2. The second-order valence-electron chi connectivity index (χ2n) is 9.88. The number of anilines is 1. The number of nitrogens with zero attached hydrogens (tertiary/aromatic N) is 2. The summed E-state index contributed by atoms with van der Waals surface area (Å²) in [5.74, 6) is -0.885. The van der Waals surface area contributed by atoms with Crippen LogP contribution >= 0.6 is 23.2 Å². The Bertz CT molecular complexity index is 1470. The highest BCUT2D eigenvalue weighted by atomic mass is 35.5. The van der Waals surface area contributed by atoms with Gasteiger partial charge in [-0.15, -0.1) is 0 Å². The molecule has 3 rings (SSSR count). The highest BCUT2D eigenvalue weighted by Gasteiger charge is 2.33. The molecular weight excluding hydrogens is 569 g/mol. The molecule has 0 aliphatic carbocycles. The van der Waals surface area contributed by atoms with Gasteiger partial charge in [0.25, 0.3) is 10.0 Å². The minimum atomic E-state index is -4.13. The van der Waals surface area contributed by atoms with Crippen molar-refractivity contribution in [2.75, 3.05) is 10.8 Å². The van der Waals surface area contributed by atoms with Crippen LogP contribution in [0.2, 0.25) is 10.0 Å². The monoisotopic (exact) mass is 603 g/mol. The number of sulfonamides is 1. The lowest BCUT2D eigenvalue weighted by atomic mass is 10.1. The molecule has 0 aliphatic rings. The van der Waals surface area contributed by atoms with Crippen LogP contribution in [0.15, 0.2) is 71.6 Å².